The maximum atomic E-state index is 6.17. The van der Waals surface area contributed by atoms with Crippen LogP contribution in [-0.2, 0) is 6.54 Å². The van der Waals surface area contributed by atoms with Crippen LogP contribution in [0, 0.1) is 0 Å². The molecule has 118 valence electrons. The molecule has 0 fully saturated rings. The molecule has 3 nitrogen and oxygen atoms in total. The van der Waals surface area contributed by atoms with Gasteiger partial charge in [-0.2, -0.15) is 0 Å². The highest BCUT2D eigenvalue weighted by Gasteiger charge is 2.13. The molecule has 0 saturated heterocycles. The fourth-order valence-corrected chi connectivity index (χ4v) is 2.57. The summed E-state index contributed by atoms with van der Waals surface area (Å²) in [5.74, 6) is 1.42. The van der Waals surface area contributed by atoms with Crippen LogP contribution in [0.1, 0.15) is 31.0 Å². The number of ether oxygens (including phenoxy) is 2. The number of benzene rings is 2. The topological polar surface area (TPSA) is 30.5 Å². The number of hydrogen-bond donors (Lipinski definition) is 1. The third kappa shape index (κ3) is 4.15. The highest BCUT2D eigenvalue weighted by atomic mass is 35.5. The van der Waals surface area contributed by atoms with Crippen molar-refractivity contribution in [2.45, 2.75) is 26.4 Å². The van der Waals surface area contributed by atoms with Gasteiger partial charge in [0.15, 0.2) is 11.5 Å². The van der Waals surface area contributed by atoms with Gasteiger partial charge in [-0.25, -0.2) is 0 Å². The Morgan fingerprint density at radius 1 is 1.18 bits per heavy atom. The SMILES string of the molecule is CCOc1c(CN[C@@H](C)c2ccccc2)cc(Cl)cc1OC. The molecule has 4 heteroatoms. The van der Waals surface area contributed by atoms with Crippen LogP contribution in [0.2, 0.25) is 5.02 Å². The fourth-order valence-electron chi connectivity index (χ4n) is 2.34. The number of nitrogens with one attached hydrogen (secondary N) is 1. The highest BCUT2D eigenvalue weighted by Crippen LogP contribution is 2.35. The molecule has 1 atom stereocenters. The van der Waals surface area contributed by atoms with Crippen molar-refractivity contribution in [1.29, 1.82) is 0 Å². The monoisotopic (exact) mass is 319 g/mol. The van der Waals surface area contributed by atoms with Gasteiger partial charge in [0.25, 0.3) is 0 Å². The van der Waals surface area contributed by atoms with Crippen molar-refractivity contribution in [2.24, 2.45) is 0 Å². The number of halogens is 1. The summed E-state index contributed by atoms with van der Waals surface area (Å²) in [6.45, 7) is 5.33. The first-order chi connectivity index (χ1) is 10.7. The van der Waals surface area contributed by atoms with Crippen molar-refractivity contribution in [2.75, 3.05) is 13.7 Å². The van der Waals surface area contributed by atoms with Gasteiger partial charge in [0.1, 0.15) is 0 Å². The molecule has 0 aliphatic carbocycles. The van der Waals surface area contributed by atoms with Crippen LogP contribution >= 0.6 is 11.6 Å². The van der Waals surface area contributed by atoms with Crippen molar-refractivity contribution < 1.29 is 9.47 Å². The maximum absolute atomic E-state index is 6.17. The summed E-state index contributed by atoms with van der Waals surface area (Å²) < 4.78 is 11.1. The minimum Gasteiger partial charge on any atom is -0.493 e. The molecule has 0 aliphatic rings. The van der Waals surface area contributed by atoms with Crippen LogP contribution in [0.5, 0.6) is 11.5 Å². The summed E-state index contributed by atoms with van der Waals surface area (Å²) in [5, 5.41) is 4.14. The second kappa shape index (κ2) is 8.06. The van der Waals surface area contributed by atoms with Gasteiger partial charge < -0.3 is 14.8 Å². The Bertz CT molecular complexity index is 602. The minimum absolute atomic E-state index is 0.237. The Balaban J connectivity index is 2.16. The lowest BCUT2D eigenvalue weighted by molar-refractivity contribution is 0.306. The van der Waals surface area contributed by atoms with E-state index in [2.05, 4.69) is 24.4 Å². The Morgan fingerprint density at radius 3 is 2.55 bits per heavy atom. The highest BCUT2D eigenvalue weighted by molar-refractivity contribution is 6.30. The molecule has 0 aliphatic heterocycles. The predicted octanol–water partition coefficient (Wildman–Crippen LogP) is 4.60. The lowest BCUT2D eigenvalue weighted by Gasteiger charge is -2.18. The second-order valence-corrected chi connectivity index (χ2v) is 5.48. The van der Waals surface area contributed by atoms with E-state index < -0.39 is 0 Å². The minimum atomic E-state index is 0.237. The average Bonchev–Trinajstić information content (AvgIpc) is 2.55. The Hall–Kier alpha value is -1.71. The maximum Gasteiger partial charge on any atom is 0.165 e. The van der Waals surface area contributed by atoms with Crippen molar-refractivity contribution in [3.63, 3.8) is 0 Å². The largest absolute Gasteiger partial charge is 0.493 e. The zero-order valence-corrected chi connectivity index (χ0v) is 14.0. The molecule has 22 heavy (non-hydrogen) atoms. The van der Waals surface area contributed by atoms with Gasteiger partial charge in [-0.1, -0.05) is 41.9 Å². The molecule has 0 spiro atoms. The van der Waals surface area contributed by atoms with Crippen LogP contribution in [0.3, 0.4) is 0 Å². The lowest BCUT2D eigenvalue weighted by Crippen LogP contribution is -2.18. The summed E-state index contributed by atoms with van der Waals surface area (Å²) in [4.78, 5) is 0. The van der Waals surface area contributed by atoms with Crippen molar-refractivity contribution >= 4 is 11.6 Å². The first-order valence-electron chi connectivity index (χ1n) is 7.43. The second-order valence-electron chi connectivity index (χ2n) is 5.04. The zero-order valence-electron chi connectivity index (χ0n) is 13.2. The van der Waals surface area contributed by atoms with Crippen molar-refractivity contribution in [3.8, 4) is 11.5 Å². The zero-order chi connectivity index (χ0) is 15.9. The van der Waals surface area contributed by atoms with Gasteiger partial charge in [0, 0.05) is 29.2 Å². The predicted molar refractivity (Wildman–Crippen MR) is 90.9 cm³/mol. The van der Waals surface area contributed by atoms with E-state index in [1.54, 1.807) is 13.2 Å². The van der Waals surface area contributed by atoms with E-state index in [1.165, 1.54) is 5.56 Å². The summed E-state index contributed by atoms with van der Waals surface area (Å²) >= 11 is 6.17. The van der Waals surface area contributed by atoms with E-state index >= 15 is 0 Å². The third-order valence-corrected chi connectivity index (χ3v) is 3.72. The molecule has 1 N–H and O–H groups in total. The molecule has 0 aromatic heterocycles. The quantitative estimate of drug-likeness (QED) is 0.809. The van der Waals surface area contributed by atoms with E-state index in [9.17, 15) is 0 Å². The van der Waals surface area contributed by atoms with Gasteiger partial charge in [-0.3, -0.25) is 0 Å². The molecule has 2 aromatic rings. The van der Waals surface area contributed by atoms with Crippen LogP contribution in [0.15, 0.2) is 42.5 Å². The molecule has 2 rings (SSSR count). The van der Waals surface area contributed by atoms with Gasteiger partial charge in [-0.15, -0.1) is 0 Å². The molecule has 0 radical (unpaired) electrons. The van der Waals surface area contributed by atoms with Gasteiger partial charge >= 0.3 is 0 Å². The van der Waals surface area contributed by atoms with Gasteiger partial charge in [-0.05, 0) is 25.5 Å². The standard InChI is InChI=1S/C18H22ClNO2/c1-4-22-18-15(10-16(19)11-17(18)21-3)12-20-13(2)14-8-6-5-7-9-14/h5-11,13,20H,4,12H2,1-3H3/t13-/m0/s1. The molecule has 0 amide bonds. The normalized spacial score (nSPS) is 12.0. The first-order valence-corrected chi connectivity index (χ1v) is 7.81. The fraction of sp³-hybridized carbons (Fsp3) is 0.333. The molecule has 2 aromatic carbocycles. The Morgan fingerprint density at radius 2 is 1.91 bits per heavy atom. The smallest absolute Gasteiger partial charge is 0.165 e. The third-order valence-electron chi connectivity index (χ3n) is 3.50. The van der Waals surface area contributed by atoms with Crippen molar-refractivity contribution in [1.82, 2.24) is 5.32 Å². The van der Waals surface area contributed by atoms with E-state index in [-0.39, 0.29) is 6.04 Å². The van der Waals surface area contributed by atoms with E-state index in [4.69, 9.17) is 21.1 Å². The Labute approximate surface area is 137 Å². The molecular formula is C18H22ClNO2. The molecular weight excluding hydrogens is 298 g/mol. The van der Waals surface area contributed by atoms with Crippen molar-refractivity contribution in [3.05, 3.63) is 58.6 Å². The number of rotatable bonds is 7. The lowest BCUT2D eigenvalue weighted by atomic mass is 10.1. The molecule has 0 unspecified atom stereocenters. The molecule has 0 heterocycles. The molecule has 0 saturated carbocycles. The molecule has 0 bridgehead atoms. The number of hydrogen-bond acceptors (Lipinski definition) is 3. The van der Waals surface area contributed by atoms with Gasteiger partial charge in [0.2, 0.25) is 0 Å². The van der Waals surface area contributed by atoms with Crippen LogP contribution in [0.4, 0.5) is 0 Å². The average molecular weight is 320 g/mol. The van der Waals surface area contributed by atoms with E-state index in [0.717, 1.165) is 11.3 Å². The van der Waals surface area contributed by atoms with Crippen LogP contribution < -0.4 is 14.8 Å². The van der Waals surface area contributed by atoms with Gasteiger partial charge in [0.05, 0.1) is 13.7 Å². The summed E-state index contributed by atoms with van der Waals surface area (Å²) in [6.07, 6.45) is 0. The Kier molecular flexibility index (Phi) is 6.10. The summed E-state index contributed by atoms with van der Waals surface area (Å²) in [6, 6.07) is 14.3. The summed E-state index contributed by atoms with van der Waals surface area (Å²) in [5.41, 5.74) is 2.24. The van der Waals surface area contributed by atoms with Crippen LogP contribution in [0.25, 0.3) is 0 Å². The first kappa shape index (κ1) is 16.7. The van der Waals surface area contributed by atoms with E-state index in [0.29, 0.717) is 23.9 Å². The summed E-state index contributed by atoms with van der Waals surface area (Å²) in [7, 11) is 1.62. The van der Waals surface area contributed by atoms with E-state index in [1.807, 2.05) is 31.2 Å². The van der Waals surface area contributed by atoms with Crippen LogP contribution in [-0.4, -0.2) is 13.7 Å². The number of methoxy groups -OCH3 is 1.